The molecule has 1 saturated heterocycles. The van der Waals surface area contributed by atoms with E-state index in [2.05, 4.69) is 0 Å². The average molecular weight is 257 g/mol. The van der Waals surface area contributed by atoms with Gasteiger partial charge in [-0.2, -0.15) is 0 Å². The van der Waals surface area contributed by atoms with Crippen molar-refractivity contribution < 1.29 is 10.0 Å². The van der Waals surface area contributed by atoms with Crippen molar-refractivity contribution in [3.8, 4) is 0 Å². The highest BCUT2D eigenvalue weighted by molar-refractivity contribution is 6.31. The lowest BCUT2D eigenvalue weighted by Gasteiger charge is -2.44. The number of hydrogen-bond acceptors (Lipinski definition) is 4. The van der Waals surface area contributed by atoms with Crippen LogP contribution in [0.5, 0.6) is 0 Å². The number of nitro groups is 1. The molecule has 0 atom stereocenters. The average Bonchev–Trinajstić information content (AvgIpc) is 2.17. The van der Waals surface area contributed by atoms with E-state index in [1.54, 1.807) is 13.0 Å². The molecule has 0 saturated carbocycles. The first-order chi connectivity index (χ1) is 7.87. The summed E-state index contributed by atoms with van der Waals surface area (Å²) in [6, 6.07) is 4.46. The first kappa shape index (κ1) is 12.3. The third-order valence-electron chi connectivity index (χ3n) is 2.77. The quantitative estimate of drug-likeness (QED) is 0.662. The second-order valence-electron chi connectivity index (χ2n) is 4.67. The van der Waals surface area contributed by atoms with Gasteiger partial charge in [0, 0.05) is 31.8 Å². The predicted octanol–water partition coefficient (Wildman–Crippen LogP) is 1.81. The number of nitrogens with zero attached hydrogens (tertiary/aromatic N) is 2. The van der Waals surface area contributed by atoms with Crippen LogP contribution in [-0.2, 0) is 6.54 Å². The Bertz CT molecular complexity index is 454. The van der Waals surface area contributed by atoms with Crippen molar-refractivity contribution in [2.24, 2.45) is 0 Å². The normalized spacial score (nSPS) is 18.8. The molecule has 0 amide bonds. The smallest absolute Gasteiger partial charge is 0.270 e. The van der Waals surface area contributed by atoms with Crippen LogP contribution in [0.4, 0.5) is 5.69 Å². The summed E-state index contributed by atoms with van der Waals surface area (Å²) in [6.07, 6.45) is 0. The molecule has 1 aliphatic rings. The van der Waals surface area contributed by atoms with E-state index in [0.717, 1.165) is 5.56 Å². The molecule has 0 unspecified atom stereocenters. The maximum atomic E-state index is 10.5. The molecule has 0 aliphatic carbocycles. The number of halogens is 1. The SMILES string of the molecule is CC1(O)CN(Cc2ccc([N+](=O)[O-])cc2Cl)C1. The predicted molar refractivity (Wildman–Crippen MR) is 64.0 cm³/mol. The Labute approximate surface area is 104 Å². The molecule has 5 nitrogen and oxygen atoms in total. The summed E-state index contributed by atoms with van der Waals surface area (Å²) in [5.74, 6) is 0. The first-order valence-electron chi connectivity index (χ1n) is 5.25. The van der Waals surface area contributed by atoms with Crippen molar-refractivity contribution in [3.05, 3.63) is 38.9 Å². The topological polar surface area (TPSA) is 66.6 Å². The Morgan fingerprint density at radius 3 is 2.71 bits per heavy atom. The molecule has 0 bridgehead atoms. The number of non-ortho nitro benzene ring substituents is 1. The summed E-state index contributed by atoms with van der Waals surface area (Å²) in [5.41, 5.74) is 0.217. The monoisotopic (exact) mass is 256 g/mol. The van der Waals surface area contributed by atoms with Gasteiger partial charge in [0.2, 0.25) is 0 Å². The number of hydrogen-bond donors (Lipinski definition) is 1. The summed E-state index contributed by atoms with van der Waals surface area (Å²) in [4.78, 5) is 12.1. The van der Waals surface area contributed by atoms with Gasteiger partial charge in [-0.15, -0.1) is 0 Å². The molecule has 6 heteroatoms. The summed E-state index contributed by atoms with van der Waals surface area (Å²) in [5, 5.41) is 20.5. The summed E-state index contributed by atoms with van der Waals surface area (Å²) in [6.45, 7) is 3.58. The van der Waals surface area contributed by atoms with E-state index < -0.39 is 10.5 Å². The molecule has 1 aromatic rings. The molecule has 17 heavy (non-hydrogen) atoms. The van der Waals surface area contributed by atoms with Gasteiger partial charge in [0.15, 0.2) is 0 Å². The van der Waals surface area contributed by atoms with Gasteiger partial charge in [0.1, 0.15) is 0 Å². The van der Waals surface area contributed by atoms with Crippen LogP contribution in [0.2, 0.25) is 5.02 Å². The highest BCUT2D eigenvalue weighted by Gasteiger charge is 2.36. The van der Waals surface area contributed by atoms with Gasteiger partial charge < -0.3 is 5.11 Å². The number of rotatable bonds is 3. The first-order valence-corrected chi connectivity index (χ1v) is 5.63. The van der Waals surface area contributed by atoms with Gasteiger partial charge in [-0.3, -0.25) is 15.0 Å². The van der Waals surface area contributed by atoms with Crippen molar-refractivity contribution in [3.63, 3.8) is 0 Å². The Hall–Kier alpha value is -1.17. The standard InChI is InChI=1S/C11H13ClN2O3/c1-11(15)6-13(7-11)5-8-2-3-9(14(16)17)4-10(8)12/h2-4,15H,5-7H2,1H3. The zero-order valence-corrected chi connectivity index (χ0v) is 10.1. The van der Waals surface area contributed by atoms with E-state index in [1.165, 1.54) is 12.1 Å². The minimum Gasteiger partial charge on any atom is -0.388 e. The van der Waals surface area contributed by atoms with Crippen LogP contribution in [0.1, 0.15) is 12.5 Å². The van der Waals surface area contributed by atoms with Gasteiger partial charge in [-0.1, -0.05) is 11.6 Å². The summed E-state index contributed by atoms with van der Waals surface area (Å²) >= 11 is 5.98. The van der Waals surface area contributed by atoms with Gasteiger partial charge >= 0.3 is 0 Å². The Morgan fingerprint density at radius 2 is 2.24 bits per heavy atom. The molecule has 2 rings (SSSR count). The molecule has 92 valence electrons. The third-order valence-corrected chi connectivity index (χ3v) is 3.12. The van der Waals surface area contributed by atoms with Crippen LogP contribution in [-0.4, -0.2) is 33.6 Å². The van der Waals surface area contributed by atoms with E-state index >= 15 is 0 Å². The van der Waals surface area contributed by atoms with Crippen LogP contribution in [0.15, 0.2) is 18.2 Å². The fraction of sp³-hybridized carbons (Fsp3) is 0.455. The third kappa shape index (κ3) is 2.74. The molecular weight excluding hydrogens is 244 g/mol. The van der Waals surface area contributed by atoms with Gasteiger partial charge in [0.05, 0.1) is 15.5 Å². The minimum absolute atomic E-state index is 0.00523. The summed E-state index contributed by atoms with van der Waals surface area (Å²) in [7, 11) is 0. The number of benzene rings is 1. The Kier molecular flexibility index (Phi) is 3.07. The van der Waals surface area contributed by atoms with E-state index in [1.807, 2.05) is 4.90 Å². The molecular formula is C11H13ClN2O3. The van der Waals surface area contributed by atoms with E-state index in [9.17, 15) is 15.2 Å². The maximum Gasteiger partial charge on any atom is 0.270 e. The van der Waals surface area contributed by atoms with Crippen molar-refractivity contribution in [2.75, 3.05) is 13.1 Å². The Balaban J connectivity index is 2.05. The highest BCUT2D eigenvalue weighted by atomic mass is 35.5. The van der Waals surface area contributed by atoms with Crippen LogP contribution < -0.4 is 0 Å². The minimum atomic E-state index is -0.618. The van der Waals surface area contributed by atoms with Crippen molar-refractivity contribution in [1.82, 2.24) is 4.90 Å². The van der Waals surface area contributed by atoms with Crippen molar-refractivity contribution >= 4 is 17.3 Å². The highest BCUT2D eigenvalue weighted by Crippen LogP contribution is 2.27. The zero-order valence-electron chi connectivity index (χ0n) is 9.39. The van der Waals surface area contributed by atoms with Gasteiger partial charge in [-0.25, -0.2) is 0 Å². The molecule has 1 aromatic carbocycles. The summed E-state index contributed by atoms with van der Waals surface area (Å²) < 4.78 is 0. The lowest BCUT2D eigenvalue weighted by atomic mass is 9.96. The lowest BCUT2D eigenvalue weighted by molar-refractivity contribution is -0.384. The number of nitro benzene ring substituents is 1. The van der Waals surface area contributed by atoms with Crippen LogP contribution in [0.3, 0.4) is 0 Å². The second-order valence-corrected chi connectivity index (χ2v) is 5.08. The zero-order chi connectivity index (χ0) is 12.6. The molecule has 1 heterocycles. The molecule has 0 radical (unpaired) electrons. The van der Waals surface area contributed by atoms with Gasteiger partial charge in [0.25, 0.3) is 5.69 Å². The number of aliphatic hydroxyl groups is 1. The van der Waals surface area contributed by atoms with Crippen molar-refractivity contribution in [2.45, 2.75) is 19.1 Å². The molecule has 1 fully saturated rings. The number of likely N-dealkylation sites (tertiary alicyclic amines) is 1. The fourth-order valence-electron chi connectivity index (χ4n) is 2.05. The van der Waals surface area contributed by atoms with E-state index in [0.29, 0.717) is 24.7 Å². The molecule has 0 spiro atoms. The Morgan fingerprint density at radius 1 is 1.59 bits per heavy atom. The van der Waals surface area contributed by atoms with E-state index in [-0.39, 0.29) is 5.69 Å². The van der Waals surface area contributed by atoms with Gasteiger partial charge in [-0.05, 0) is 18.6 Å². The lowest BCUT2D eigenvalue weighted by Crippen LogP contribution is -2.59. The molecule has 1 aliphatic heterocycles. The van der Waals surface area contributed by atoms with E-state index in [4.69, 9.17) is 11.6 Å². The second kappa shape index (κ2) is 4.25. The van der Waals surface area contributed by atoms with Crippen LogP contribution in [0, 0.1) is 10.1 Å². The van der Waals surface area contributed by atoms with Crippen molar-refractivity contribution in [1.29, 1.82) is 0 Å². The largest absolute Gasteiger partial charge is 0.388 e. The molecule has 0 aromatic heterocycles. The maximum absolute atomic E-state index is 10.5. The van der Waals surface area contributed by atoms with Crippen LogP contribution >= 0.6 is 11.6 Å². The number of β-amino-alcohol motifs (C(OH)–C–C–N with tert-alkyl or cyclic N) is 1. The fourth-order valence-corrected chi connectivity index (χ4v) is 2.28. The molecule has 1 N–H and O–H groups in total. The van der Waals surface area contributed by atoms with Crippen LogP contribution in [0.25, 0.3) is 0 Å².